The van der Waals surface area contributed by atoms with Crippen LogP contribution in [0, 0.1) is 5.92 Å². The first-order valence-corrected chi connectivity index (χ1v) is 6.36. The summed E-state index contributed by atoms with van der Waals surface area (Å²) >= 11 is 0. The molecule has 2 rings (SSSR count). The summed E-state index contributed by atoms with van der Waals surface area (Å²) in [5.41, 5.74) is 5.76. The van der Waals surface area contributed by atoms with Gasteiger partial charge in [0, 0.05) is 26.1 Å². The van der Waals surface area contributed by atoms with Gasteiger partial charge in [-0.2, -0.15) is 4.98 Å². The van der Waals surface area contributed by atoms with Gasteiger partial charge < -0.3 is 15.0 Å². The molecule has 0 saturated heterocycles. The van der Waals surface area contributed by atoms with Crippen LogP contribution in [-0.4, -0.2) is 30.4 Å². The summed E-state index contributed by atoms with van der Waals surface area (Å²) in [6, 6.07) is 0. The van der Waals surface area contributed by atoms with Gasteiger partial charge in [-0.3, -0.25) is 0 Å². The normalized spacial score (nSPS) is 24.4. The highest BCUT2D eigenvalue weighted by atomic mass is 16.5. The van der Waals surface area contributed by atoms with E-state index in [-0.39, 0.29) is 0 Å². The highest BCUT2D eigenvalue weighted by molar-refractivity contribution is 5.00. The Labute approximate surface area is 102 Å². The third-order valence-electron chi connectivity index (χ3n) is 3.51. The summed E-state index contributed by atoms with van der Waals surface area (Å²) in [5, 5.41) is 4.02. The van der Waals surface area contributed by atoms with Gasteiger partial charge in [0.2, 0.25) is 5.89 Å². The van der Waals surface area contributed by atoms with Crippen LogP contribution in [0.3, 0.4) is 0 Å². The molecular formula is C12H21N3O2. The van der Waals surface area contributed by atoms with E-state index in [4.69, 9.17) is 15.0 Å². The van der Waals surface area contributed by atoms with Crippen LogP contribution in [0.1, 0.15) is 43.3 Å². The minimum Gasteiger partial charge on any atom is -0.385 e. The molecule has 1 aromatic heterocycles. The minimum absolute atomic E-state index is 0.378. The molecule has 0 radical (unpaired) electrons. The smallest absolute Gasteiger partial charge is 0.230 e. The molecule has 1 saturated carbocycles. The SMILES string of the molecule is COCCCc1noc(C2CCCC2CN)n1. The number of nitrogens with zero attached hydrogens (tertiary/aromatic N) is 2. The lowest BCUT2D eigenvalue weighted by Gasteiger charge is -2.12. The number of nitrogens with two attached hydrogens (primary N) is 1. The first-order valence-electron chi connectivity index (χ1n) is 6.36. The van der Waals surface area contributed by atoms with Crippen LogP contribution < -0.4 is 5.73 Å². The third-order valence-corrected chi connectivity index (χ3v) is 3.51. The molecule has 1 aromatic rings. The lowest BCUT2D eigenvalue weighted by Crippen LogP contribution is -2.17. The Bertz CT molecular complexity index is 340. The molecule has 0 aromatic carbocycles. The first-order chi connectivity index (χ1) is 8.35. The summed E-state index contributed by atoms with van der Waals surface area (Å²) in [7, 11) is 1.70. The van der Waals surface area contributed by atoms with E-state index in [0.29, 0.717) is 18.4 Å². The molecule has 96 valence electrons. The van der Waals surface area contributed by atoms with Gasteiger partial charge in [-0.15, -0.1) is 0 Å². The largest absolute Gasteiger partial charge is 0.385 e. The molecule has 17 heavy (non-hydrogen) atoms. The molecular weight excluding hydrogens is 218 g/mol. The number of methoxy groups -OCH3 is 1. The van der Waals surface area contributed by atoms with E-state index in [1.165, 1.54) is 12.8 Å². The number of rotatable bonds is 6. The van der Waals surface area contributed by atoms with Crippen LogP contribution in [0.4, 0.5) is 0 Å². The molecule has 1 heterocycles. The Kier molecular flexibility index (Phi) is 4.50. The van der Waals surface area contributed by atoms with E-state index in [0.717, 1.165) is 37.6 Å². The van der Waals surface area contributed by atoms with E-state index in [9.17, 15) is 0 Å². The summed E-state index contributed by atoms with van der Waals surface area (Å²) in [5.74, 6) is 2.47. The fraction of sp³-hybridized carbons (Fsp3) is 0.833. The van der Waals surface area contributed by atoms with Gasteiger partial charge in [0.05, 0.1) is 0 Å². The molecule has 1 fully saturated rings. The van der Waals surface area contributed by atoms with Crippen LogP contribution in [0.5, 0.6) is 0 Å². The van der Waals surface area contributed by atoms with E-state index in [1.807, 2.05) is 0 Å². The zero-order chi connectivity index (χ0) is 12.1. The molecule has 2 atom stereocenters. The highest BCUT2D eigenvalue weighted by Gasteiger charge is 2.31. The van der Waals surface area contributed by atoms with Crippen molar-refractivity contribution in [2.24, 2.45) is 11.7 Å². The Morgan fingerprint density at radius 3 is 3.12 bits per heavy atom. The van der Waals surface area contributed by atoms with Crippen molar-refractivity contribution in [1.29, 1.82) is 0 Å². The maximum absolute atomic E-state index is 5.76. The number of aromatic nitrogens is 2. The summed E-state index contributed by atoms with van der Waals surface area (Å²) < 4.78 is 10.4. The van der Waals surface area contributed by atoms with E-state index >= 15 is 0 Å². The van der Waals surface area contributed by atoms with Gasteiger partial charge in [0.25, 0.3) is 0 Å². The Morgan fingerprint density at radius 1 is 1.47 bits per heavy atom. The average molecular weight is 239 g/mol. The van der Waals surface area contributed by atoms with Gasteiger partial charge >= 0.3 is 0 Å². The summed E-state index contributed by atoms with van der Waals surface area (Å²) in [4.78, 5) is 4.47. The third kappa shape index (κ3) is 3.04. The van der Waals surface area contributed by atoms with Crippen molar-refractivity contribution in [3.8, 4) is 0 Å². The van der Waals surface area contributed by atoms with Gasteiger partial charge in [0.15, 0.2) is 5.82 Å². The van der Waals surface area contributed by atoms with Crippen molar-refractivity contribution >= 4 is 0 Å². The minimum atomic E-state index is 0.378. The van der Waals surface area contributed by atoms with Gasteiger partial charge in [-0.05, 0) is 31.7 Å². The molecule has 0 amide bonds. The zero-order valence-electron chi connectivity index (χ0n) is 10.4. The number of hydrogen-bond acceptors (Lipinski definition) is 5. The second-order valence-corrected chi connectivity index (χ2v) is 4.68. The summed E-state index contributed by atoms with van der Waals surface area (Å²) in [6.07, 6.45) is 5.27. The van der Waals surface area contributed by atoms with Crippen LogP contribution >= 0.6 is 0 Å². The molecule has 5 nitrogen and oxygen atoms in total. The average Bonchev–Trinajstić information content (AvgIpc) is 2.96. The van der Waals surface area contributed by atoms with Crippen molar-refractivity contribution < 1.29 is 9.26 Å². The van der Waals surface area contributed by atoms with Crippen LogP contribution in [-0.2, 0) is 11.2 Å². The summed E-state index contributed by atoms with van der Waals surface area (Å²) in [6.45, 7) is 1.45. The molecule has 5 heteroatoms. The van der Waals surface area contributed by atoms with Crippen LogP contribution in [0.15, 0.2) is 4.52 Å². The molecule has 2 N–H and O–H groups in total. The second-order valence-electron chi connectivity index (χ2n) is 4.68. The standard InChI is InChI=1S/C12H21N3O2/c1-16-7-3-6-11-14-12(17-15-11)10-5-2-4-9(10)8-13/h9-10H,2-8,13H2,1H3. The fourth-order valence-corrected chi connectivity index (χ4v) is 2.54. The van der Waals surface area contributed by atoms with E-state index in [1.54, 1.807) is 7.11 Å². The van der Waals surface area contributed by atoms with E-state index < -0.39 is 0 Å². The number of ether oxygens (including phenoxy) is 1. The fourth-order valence-electron chi connectivity index (χ4n) is 2.54. The molecule has 1 aliphatic rings. The first kappa shape index (κ1) is 12.5. The Hall–Kier alpha value is -0.940. The Balaban J connectivity index is 1.93. The molecule has 0 spiro atoms. The van der Waals surface area contributed by atoms with Crippen molar-refractivity contribution in [3.63, 3.8) is 0 Å². The zero-order valence-corrected chi connectivity index (χ0v) is 10.4. The van der Waals surface area contributed by atoms with Crippen LogP contribution in [0.25, 0.3) is 0 Å². The maximum Gasteiger partial charge on any atom is 0.230 e. The van der Waals surface area contributed by atoms with Crippen LogP contribution in [0.2, 0.25) is 0 Å². The lowest BCUT2D eigenvalue weighted by molar-refractivity contribution is 0.194. The van der Waals surface area contributed by atoms with Crippen molar-refractivity contribution in [2.45, 2.75) is 38.0 Å². The maximum atomic E-state index is 5.76. The molecule has 1 aliphatic carbocycles. The molecule has 2 unspecified atom stereocenters. The van der Waals surface area contributed by atoms with Crippen molar-refractivity contribution in [3.05, 3.63) is 11.7 Å². The number of aryl methyl sites for hydroxylation is 1. The monoisotopic (exact) mass is 239 g/mol. The van der Waals surface area contributed by atoms with Crippen molar-refractivity contribution in [1.82, 2.24) is 10.1 Å². The predicted molar refractivity (Wildman–Crippen MR) is 63.6 cm³/mol. The van der Waals surface area contributed by atoms with Gasteiger partial charge in [-0.1, -0.05) is 11.6 Å². The van der Waals surface area contributed by atoms with Gasteiger partial charge in [-0.25, -0.2) is 0 Å². The molecule has 0 aliphatic heterocycles. The van der Waals surface area contributed by atoms with Crippen molar-refractivity contribution in [2.75, 3.05) is 20.3 Å². The van der Waals surface area contributed by atoms with Gasteiger partial charge in [0.1, 0.15) is 0 Å². The second kappa shape index (κ2) is 6.12. The number of hydrogen-bond donors (Lipinski definition) is 1. The molecule has 0 bridgehead atoms. The van der Waals surface area contributed by atoms with E-state index in [2.05, 4.69) is 10.1 Å². The quantitative estimate of drug-likeness (QED) is 0.761. The predicted octanol–water partition coefficient (Wildman–Crippen LogP) is 1.49. The lowest BCUT2D eigenvalue weighted by atomic mass is 9.96. The Morgan fingerprint density at radius 2 is 2.35 bits per heavy atom. The highest BCUT2D eigenvalue weighted by Crippen LogP contribution is 2.38. The topological polar surface area (TPSA) is 74.2 Å².